The number of hydrogen-bond donors (Lipinski definition) is 2. The van der Waals surface area contributed by atoms with Crippen LogP contribution in [0.2, 0.25) is 5.02 Å². The third-order valence-corrected chi connectivity index (χ3v) is 4.93. The zero-order chi connectivity index (χ0) is 20.6. The SMILES string of the molecule is CCc1ccc(NCc2ccc(OCC(=O)Nc3ccccc3C)c(Cl)c2)cc1. The standard InChI is InChI=1S/C24H25ClN2O2/c1-3-18-8-11-20(12-9-18)26-15-19-10-13-23(21(25)14-19)29-16-24(28)27-22-7-5-4-6-17(22)2/h4-14,26H,3,15-16H2,1-2H3,(H,27,28). The van der Waals surface area contributed by atoms with Crippen LogP contribution in [-0.2, 0) is 17.8 Å². The molecule has 2 N–H and O–H groups in total. The fraction of sp³-hybridized carbons (Fsp3) is 0.208. The number of amides is 1. The van der Waals surface area contributed by atoms with Gasteiger partial charge in [0.1, 0.15) is 5.75 Å². The van der Waals surface area contributed by atoms with E-state index in [1.54, 1.807) is 6.07 Å². The van der Waals surface area contributed by atoms with Gasteiger partial charge in [0.2, 0.25) is 0 Å². The maximum Gasteiger partial charge on any atom is 0.262 e. The van der Waals surface area contributed by atoms with E-state index in [0.717, 1.165) is 28.9 Å². The van der Waals surface area contributed by atoms with E-state index in [4.69, 9.17) is 16.3 Å². The largest absolute Gasteiger partial charge is 0.482 e. The molecule has 1 amide bonds. The molecule has 0 heterocycles. The predicted octanol–water partition coefficient (Wildman–Crippen LogP) is 5.84. The summed E-state index contributed by atoms with van der Waals surface area (Å²) < 4.78 is 5.59. The second-order valence-corrected chi connectivity index (χ2v) is 7.23. The zero-order valence-corrected chi connectivity index (χ0v) is 17.4. The Labute approximate surface area is 176 Å². The van der Waals surface area contributed by atoms with Crippen molar-refractivity contribution in [2.45, 2.75) is 26.8 Å². The fourth-order valence-corrected chi connectivity index (χ4v) is 3.13. The van der Waals surface area contributed by atoms with Crippen LogP contribution in [0.15, 0.2) is 66.7 Å². The quantitative estimate of drug-likeness (QED) is 0.492. The first-order chi connectivity index (χ1) is 14.0. The van der Waals surface area contributed by atoms with Gasteiger partial charge in [-0.25, -0.2) is 0 Å². The molecule has 0 atom stereocenters. The molecule has 0 unspecified atom stereocenters. The van der Waals surface area contributed by atoms with Crippen molar-refractivity contribution in [1.82, 2.24) is 0 Å². The highest BCUT2D eigenvalue weighted by Gasteiger charge is 2.08. The van der Waals surface area contributed by atoms with Gasteiger partial charge < -0.3 is 15.4 Å². The van der Waals surface area contributed by atoms with Gasteiger partial charge in [0.05, 0.1) is 5.02 Å². The van der Waals surface area contributed by atoms with Crippen molar-refractivity contribution in [3.05, 3.63) is 88.4 Å². The third-order valence-electron chi connectivity index (χ3n) is 4.63. The number of carbonyl (C=O) groups excluding carboxylic acids is 1. The molecule has 0 radical (unpaired) electrons. The van der Waals surface area contributed by atoms with E-state index in [0.29, 0.717) is 17.3 Å². The number of nitrogens with one attached hydrogen (secondary N) is 2. The van der Waals surface area contributed by atoms with E-state index in [2.05, 4.69) is 41.8 Å². The number of halogens is 1. The van der Waals surface area contributed by atoms with Gasteiger partial charge in [0.15, 0.2) is 6.61 Å². The number of para-hydroxylation sites is 1. The minimum absolute atomic E-state index is 0.102. The molecule has 3 aromatic carbocycles. The van der Waals surface area contributed by atoms with Crippen LogP contribution < -0.4 is 15.4 Å². The van der Waals surface area contributed by atoms with Crippen LogP contribution >= 0.6 is 11.6 Å². The molecule has 5 heteroatoms. The maximum atomic E-state index is 12.1. The van der Waals surface area contributed by atoms with Crippen molar-refractivity contribution in [2.24, 2.45) is 0 Å². The molecule has 150 valence electrons. The first-order valence-corrected chi connectivity index (χ1v) is 10.0. The monoisotopic (exact) mass is 408 g/mol. The molecule has 0 saturated carbocycles. The summed E-state index contributed by atoms with van der Waals surface area (Å²) in [7, 11) is 0. The number of anilines is 2. The summed E-state index contributed by atoms with van der Waals surface area (Å²) in [6.45, 7) is 4.63. The lowest BCUT2D eigenvalue weighted by atomic mass is 10.1. The van der Waals surface area contributed by atoms with Crippen LogP contribution in [-0.4, -0.2) is 12.5 Å². The molecule has 3 rings (SSSR count). The molecule has 0 bridgehead atoms. The summed E-state index contributed by atoms with van der Waals surface area (Å²) in [6.07, 6.45) is 1.03. The molecule has 0 spiro atoms. The Morgan fingerprint density at radius 3 is 2.41 bits per heavy atom. The lowest BCUT2D eigenvalue weighted by molar-refractivity contribution is -0.118. The molecular formula is C24H25ClN2O2. The molecule has 0 aliphatic rings. The summed E-state index contributed by atoms with van der Waals surface area (Å²) in [4.78, 5) is 12.1. The van der Waals surface area contributed by atoms with E-state index in [-0.39, 0.29) is 12.5 Å². The van der Waals surface area contributed by atoms with Crippen LogP contribution in [0.1, 0.15) is 23.6 Å². The number of benzene rings is 3. The highest BCUT2D eigenvalue weighted by Crippen LogP contribution is 2.26. The van der Waals surface area contributed by atoms with Crippen molar-refractivity contribution < 1.29 is 9.53 Å². The van der Waals surface area contributed by atoms with E-state index in [1.807, 2.05) is 43.3 Å². The van der Waals surface area contributed by atoms with Crippen molar-refractivity contribution >= 4 is 28.9 Å². The van der Waals surface area contributed by atoms with Gasteiger partial charge >= 0.3 is 0 Å². The number of rotatable bonds is 8. The Hall–Kier alpha value is -2.98. The Morgan fingerprint density at radius 1 is 1.00 bits per heavy atom. The Kier molecular flexibility index (Phi) is 7.14. The first-order valence-electron chi connectivity index (χ1n) is 9.64. The first kappa shape index (κ1) is 20.7. The molecule has 4 nitrogen and oxygen atoms in total. The van der Waals surface area contributed by atoms with Gasteiger partial charge in [-0.1, -0.05) is 54.9 Å². The number of carbonyl (C=O) groups is 1. The molecule has 0 fully saturated rings. The summed E-state index contributed by atoms with van der Waals surface area (Å²) in [5.41, 5.74) is 5.19. The van der Waals surface area contributed by atoms with Crippen LogP contribution in [0.4, 0.5) is 11.4 Å². The molecule has 0 saturated heterocycles. The van der Waals surface area contributed by atoms with Gasteiger partial charge in [0, 0.05) is 17.9 Å². The smallest absolute Gasteiger partial charge is 0.262 e. The molecule has 3 aromatic rings. The summed E-state index contributed by atoms with van der Waals surface area (Å²) in [6, 6.07) is 21.6. The highest BCUT2D eigenvalue weighted by atomic mass is 35.5. The van der Waals surface area contributed by atoms with Crippen molar-refractivity contribution in [3.63, 3.8) is 0 Å². The lowest BCUT2D eigenvalue weighted by Gasteiger charge is -2.12. The normalized spacial score (nSPS) is 10.4. The summed E-state index contributed by atoms with van der Waals surface area (Å²) in [5, 5.41) is 6.70. The average Bonchev–Trinajstić information content (AvgIpc) is 2.73. The van der Waals surface area contributed by atoms with Gasteiger partial charge in [0.25, 0.3) is 5.91 Å². The fourth-order valence-electron chi connectivity index (χ4n) is 2.88. The Bertz CT molecular complexity index is 971. The number of ether oxygens (including phenoxy) is 1. The van der Waals surface area contributed by atoms with Gasteiger partial charge in [-0.15, -0.1) is 0 Å². The Morgan fingerprint density at radius 2 is 1.72 bits per heavy atom. The third kappa shape index (κ3) is 6.00. The van der Waals surface area contributed by atoms with E-state index < -0.39 is 0 Å². The minimum Gasteiger partial charge on any atom is -0.482 e. The molecule has 29 heavy (non-hydrogen) atoms. The molecule has 0 aliphatic carbocycles. The Balaban J connectivity index is 1.52. The number of aryl methyl sites for hydroxylation is 2. The molecule has 0 aromatic heterocycles. The maximum absolute atomic E-state index is 12.1. The second-order valence-electron chi connectivity index (χ2n) is 6.82. The highest BCUT2D eigenvalue weighted by molar-refractivity contribution is 6.32. The molecular weight excluding hydrogens is 384 g/mol. The van der Waals surface area contributed by atoms with Crippen molar-refractivity contribution in [3.8, 4) is 5.75 Å². The van der Waals surface area contributed by atoms with Crippen LogP contribution in [0.25, 0.3) is 0 Å². The van der Waals surface area contributed by atoms with Crippen molar-refractivity contribution in [2.75, 3.05) is 17.2 Å². The number of hydrogen-bond acceptors (Lipinski definition) is 3. The minimum atomic E-state index is -0.225. The second kappa shape index (κ2) is 9.99. The van der Waals surface area contributed by atoms with Gasteiger partial charge in [-0.2, -0.15) is 0 Å². The van der Waals surface area contributed by atoms with E-state index in [9.17, 15) is 4.79 Å². The molecule has 0 aliphatic heterocycles. The van der Waals surface area contributed by atoms with Crippen LogP contribution in [0.5, 0.6) is 5.75 Å². The average molecular weight is 409 g/mol. The lowest BCUT2D eigenvalue weighted by Crippen LogP contribution is -2.20. The van der Waals surface area contributed by atoms with Gasteiger partial charge in [-0.05, 0) is 60.4 Å². The van der Waals surface area contributed by atoms with Crippen LogP contribution in [0, 0.1) is 6.92 Å². The van der Waals surface area contributed by atoms with Gasteiger partial charge in [-0.3, -0.25) is 4.79 Å². The van der Waals surface area contributed by atoms with E-state index >= 15 is 0 Å². The topological polar surface area (TPSA) is 50.4 Å². The van der Waals surface area contributed by atoms with Crippen LogP contribution in [0.3, 0.4) is 0 Å². The zero-order valence-electron chi connectivity index (χ0n) is 16.7. The summed E-state index contributed by atoms with van der Waals surface area (Å²) in [5.74, 6) is 0.263. The summed E-state index contributed by atoms with van der Waals surface area (Å²) >= 11 is 6.34. The van der Waals surface area contributed by atoms with E-state index in [1.165, 1.54) is 5.56 Å². The predicted molar refractivity (Wildman–Crippen MR) is 120 cm³/mol. The van der Waals surface area contributed by atoms with Crippen molar-refractivity contribution in [1.29, 1.82) is 0 Å².